The summed E-state index contributed by atoms with van der Waals surface area (Å²) in [6, 6.07) is 1.40. The normalized spacial score (nSPS) is 29.8. The molecule has 2 aliphatic rings. The van der Waals surface area contributed by atoms with Gasteiger partial charge in [0.2, 0.25) is 0 Å². The van der Waals surface area contributed by atoms with Gasteiger partial charge in [0.05, 0.1) is 6.61 Å². The number of hydrogen-bond acceptors (Lipinski definition) is 3. The van der Waals surface area contributed by atoms with Gasteiger partial charge in [-0.15, -0.1) is 0 Å². The van der Waals surface area contributed by atoms with Crippen LogP contribution in [0, 0.1) is 5.41 Å². The standard InChI is InChI=1S/C15H30N2O/c1-13(2)16-10-15(8-5-9-18-12-15)11-17(3)14-6-4-7-14/h13-14,16H,4-12H2,1-3H3. The van der Waals surface area contributed by atoms with Crippen LogP contribution in [0.4, 0.5) is 0 Å². The van der Waals surface area contributed by atoms with Crippen molar-refractivity contribution in [1.82, 2.24) is 10.2 Å². The van der Waals surface area contributed by atoms with E-state index in [0.29, 0.717) is 11.5 Å². The van der Waals surface area contributed by atoms with Gasteiger partial charge in [0.25, 0.3) is 0 Å². The summed E-state index contributed by atoms with van der Waals surface area (Å²) in [6.45, 7) is 8.64. The van der Waals surface area contributed by atoms with E-state index in [1.807, 2.05) is 0 Å². The van der Waals surface area contributed by atoms with Crippen molar-refractivity contribution in [3.05, 3.63) is 0 Å². The summed E-state index contributed by atoms with van der Waals surface area (Å²) >= 11 is 0. The van der Waals surface area contributed by atoms with Crippen LogP contribution < -0.4 is 5.32 Å². The zero-order valence-corrected chi connectivity index (χ0v) is 12.4. The van der Waals surface area contributed by atoms with Crippen molar-refractivity contribution >= 4 is 0 Å². The van der Waals surface area contributed by atoms with Gasteiger partial charge in [-0.2, -0.15) is 0 Å². The molecule has 2 rings (SSSR count). The first-order chi connectivity index (χ1) is 8.61. The summed E-state index contributed by atoms with van der Waals surface area (Å²) < 4.78 is 5.78. The Morgan fingerprint density at radius 2 is 2.11 bits per heavy atom. The molecular formula is C15H30N2O. The Bertz CT molecular complexity index is 245. The maximum atomic E-state index is 5.78. The number of nitrogens with one attached hydrogen (secondary N) is 1. The minimum absolute atomic E-state index is 0.340. The predicted molar refractivity (Wildman–Crippen MR) is 75.9 cm³/mol. The van der Waals surface area contributed by atoms with Crippen LogP contribution in [0.3, 0.4) is 0 Å². The average molecular weight is 254 g/mol. The molecule has 3 heteroatoms. The van der Waals surface area contributed by atoms with E-state index in [9.17, 15) is 0 Å². The summed E-state index contributed by atoms with van der Waals surface area (Å²) in [5.74, 6) is 0. The van der Waals surface area contributed by atoms with Crippen molar-refractivity contribution in [3.63, 3.8) is 0 Å². The highest BCUT2D eigenvalue weighted by Gasteiger charge is 2.36. The fourth-order valence-corrected chi connectivity index (χ4v) is 3.14. The lowest BCUT2D eigenvalue weighted by molar-refractivity contribution is -0.0343. The summed E-state index contributed by atoms with van der Waals surface area (Å²) in [7, 11) is 2.30. The first-order valence-electron chi connectivity index (χ1n) is 7.63. The Labute approximate surface area is 112 Å². The van der Waals surface area contributed by atoms with Gasteiger partial charge in [-0.05, 0) is 32.7 Å². The summed E-state index contributed by atoms with van der Waals surface area (Å²) in [5, 5.41) is 3.63. The van der Waals surface area contributed by atoms with E-state index in [2.05, 4.69) is 31.1 Å². The molecule has 2 fully saturated rings. The smallest absolute Gasteiger partial charge is 0.0546 e. The van der Waals surface area contributed by atoms with Gasteiger partial charge in [-0.1, -0.05) is 20.3 Å². The van der Waals surface area contributed by atoms with Crippen molar-refractivity contribution in [2.75, 3.05) is 33.4 Å². The van der Waals surface area contributed by atoms with E-state index < -0.39 is 0 Å². The molecule has 0 aromatic heterocycles. The Kier molecular flexibility index (Phi) is 5.05. The maximum absolute atomic E-state index is 5.78. The average Bonchev–Trinajstić information content (AvgIpc) is 2.25. The van der Waals surface area contributed by atoms with Gasteiger partial charge in [0, 0.05) is 37.2 Å². The number of rotatable bonds is 6. The van der Waals surface area contributed by atoms with Gasteiger partial charge < -0.3 is 15.0 Å². The molecule has 1 unspecified atom stereocenters. The molecule has 106 valence electrons. The van der Waals surface area contributed by atoms with Gasteiger partial charge in [-0.3, -0.25) is 0 Å². The van der Waals surface area contributed by atoms with Gasteiger partial charge >= 0.3 is 0 Å². The van der Waals surface area contributed by atoms with Crippen molar-refractivity contribution in [1.29, 1.82) is 0 Å². The molecule has 1 saturated carbocycles. The Morgan fingerprint density at radius 1 is 1.33 bits per heavy atom. The second-order valence-electron chi connectivity index (χ2n) is 6.69. The molecule has 0 aromatic rings. The number of ether oxygens (including phenoxy) is 1. The monoisotopic (exact) mass is 254 g/mol. The zero-order chi connectivity index (χ0) is 13.0. The van der Waals surface area contributed by atoms with E-state index in [1.165, 1.54) is 38.6 Å². The highest BCUT2D eigenvalue weighted by Crippen LogP contribution is 2.32. The largest absolute Gasteiger partial charge is 0.381 e. The van der Waals surface area contributed by atoms with Gasteiger partial charge in [-0.25, -0.2) is 0 Å². The van der Waals surface area contributed by atoms with Crippen LogP contribution in [0.5, 0.6) is 0 Å². The molecule has 1 atom stereocenters. The summed E-state index contributed by atoms with van der Waals surface area (Å²) in [5.41, 5.74) is 0.340. The quantitative estimate of drug-likeness (QED) is 0.787. The molecule has 0 bridgehead atoms. The molecule has 18 heavy (non-hydrogen) atoms. The molecule has 0 radical (unpaired) electrons. The maximum Gasteiger partial charge on any atom is 0.0546 e. The molecular weight excluding hydrogens is 224 g/mol. The Morgan fingerprint density at radius 3 is 2.61 bits per heavy atom. The third-order valence-electron chi connectivity index (χ3n) is 4.57. The fraction of sp³-hybridized carbons (Fsp3) is 1.00. The highest BCUT2D eigenvalue weighted by molar-refractivity contribution is 4.90. The third-order valence-corrected chi connectivity index (χ3v) is 4.57. The first-order valence-corrected chi connectivity index (χ1v) is 7.63. The van der Waals surface area contributed by atoms with Crippen LogP contribution >= 0.6 is 0 Å². The van der Waals surface area contributed by atoms with E-state index in [4.69, 9.17) is 4.74 Å². The summed E-state index contributed by atoms with van der Waals surface area (Å²) in [4.78, 5) is 2.58. The third kappa shape index (κ3) is 3.69. The molecule has 0 amide bonds. The molecule has 1 heterocycles. The lowest BCUT2D eigenvalue weighted by Crippen LogP contribution is -2.52. The molecule has 1 aliphatic carbocycles. The number of nitrogens with zero attached hydrogens (tertiary/aromatic N) is 1. The first kappa shape index (κ1) is 14.3. The van der Waals surface area contributed by atoms with Crippen LogP contribution in [0.2, 0.25) is 0 Å². The predicted octanol–water partition coefficient (Wildman–Crippen LogP) is 2.27. The van der Waals surface area contributed by atoms with Crippen molar-refractivity contribution in [2.45, 2.75) is 58.0 Å². The van der Waals surface area contributed by atoms with Gasteiger partial charge in [0.1, 0.15) is 0 Å². The highest BCUT2D eigenvalue weighted by atomic mass is 16.5. The minimum Gasteiger partial charge on any atom is -0.381 e. The van der Waals surface area contributed by atoms with Crippen molar-refractivity contribution in [2.24, 2.45) is 5.41 Å². The molecule has 1 N–H and O–H groups in total. The van der Waals surface area contributed by atoms with Crippen LogP contribution in [0.1, 0.15) is 46.0 Å². The molecule has 3 nitrogen and oxygen atoms in total. The summed E-state index contributed by atoms with van der Waals surface area (Å²) in [6.07, 6.45) is 6.74. The SMILES string of the molecule is CC(C)NCC1(CN(C)C2CCC2)CCCOC1. The van der Waals surface area contributed by atoms with Crippen LogP contribution in [0.15, 0.2) is 0 Å². The van der Waals surface area contributed by atoms with E-state index in [-0.39, 0.29) is 0 Å². The topological polar surface area (TPSA) is 24.5 Å². The lowest BCUT2D eigenvalue weighted by atomic mass is 9.80. The van der Waals surface area contributed by atoms with Crippen molar-refractivity contribution in [3.8, 4) is 0 Å². The van der Waals surface area contributed by atoms with Crippen LogP contribution in [-0.2, 0) is 4.74 Å². The zero-order valence-electron chi connectivity index (χ0n) is 12.4. The lowest BCUT2D eigenvalue weighted by Gasteiger charge is -2.44. The van der Waals surface area contributed by atoms with E-state index >= 15 is 0 Å². The number of hydrogen-bond donors (Lipinski definition) is 1. The Balaban J connectivity index is 1.89. The van der Waals surface area contributed by atoms with E-state index in [1.54, 1.807) is 0 Å². The molecule has 1 saturated heterocycles. The minimum atomic E-state index is 0.340. The second-order valence-corrected chi connectivity index (χ2v) is 6.69. The molecule has 0 aromatic carbocycles. The van der Waals surface area contributed by atoms with E-state index in [0.717, 1.165) is 25.8 Å². The Hall–Kier alpha value is -0.120. The molecule has 0 spiro atoms. The fourth-order valence-electron chi connectivity index (χ4n) is 3.14. The van der Waals surface area contributed by atoms with Crippen molar-refractivity contribution < 1.29 is 4.74 Å². The second kappa shape index (κ2) is 6.36. The van der Waals surface area contributed by atoms with Crippen LogP contribution in [-0.4, -0.2) is 50.3 Å². The van der Waals surface area contributed by atoms with Gasteiger partial charge in [0.15, 0.2) is 0 Å². The van der Waals surface area contributed by atoms with Crippen LogP contribution in [0.25, 0.3) is 0 Å². The molecule has 1 aliphatic heterocycles.